The van der Waals surface area contributed by atoms with Crippen molar-refractivity contribution in [2.24, 2.45) is 11.8 Å². The highest BCUT2D eigenvalue weighted by atomic mass is 16.5. The molecule has 2 nitrogen and oxygen atoms in total. The van der Waals surface area contributed by atoms with Gasteiger partial charge in [-0.3, -0.25) is 0 Å². The second-order valence-corrected chi connectivity index (χ2v) is 5.71. The molecule has 0 fully saturated rings. The molecule has 0 aromatic heterocycles. The molecule has 0 aliphatic heterocycles. The van der Waals surface area contributed by atoms with Crippen LogP contribution in [0.15, 0.2) is 48.9 Å². The van der Waals surface area contributed by atoms with Crippen LogP contribution in [-0.4, -0.2) is 0 Å². The summed E-state index contributed by atoms with van der Waals surface area (Å²) >= 11 is 0. The van der Waals surface area contributed by atoms with E-state index in [1.165, 1.54) is 0 Å². The van der Waals surface area contributed by atoms with Crippen molar-refractivity contribution >= 4 is 0 Å². The van der Waals surface area contributed by atoms with E-state index in [4.69, 9.17) is 9.47 Å². The number of hydrogen-bond acceptors (Lipinski definition) is 2. The fourth-order valence-electron chi connectivity index (χ4n) is 1.53. The lowest BCUT2D eigenvalue weighted by molar-refractivity contribution is 0.454. The quantitative estimate of drug-likeness (QED) is 0.577. The predicted octanol–water partition coefficient (Wildman–Crippen LogP) is 5.56. The SMILES string of the molecule is CC(C)CC=COc1cccc(OC=CCC(C)C)c1. The fourth-order valence-corrected chi connectivity index (χ4v) is 1.53. The maximum atomic E-state index is 5.56. The zero-order valence-electron chi connectivity index (χ0n) is 13.0. The Morgan fingerprint density at radius 3 is 1.70 bits per heavy atom. The summed E-state index contributed by atoms with van der Waals surface area (Å²) < 4.78 is 11.1. The first-order valence-electron chi connectivity index (χ1n) is 7.31. The van der Waals surface area contributed by atoms with Crippen molar-refractivity contribution in [1.82, 2.24) is 0 Å². The van der Waals surface area contributed by atoms with Crippen molar-refractivity contribution in [3.63, 3.8) is 0 Å². The second kappa shape index (κ2) is 9.24. The molecule has 20 heavy (non-hydrogen) atoms. The third-order valence-corrected chi connectivity index (χ3v) is 2.62. The summed E-state index contributed by atoms with van der Waals surface area (Å²) in [5, 5.41) is 0. The van der Waals surface area contributed by atoms with Crippen LogP contribution >= 0.6 is 0 Å². The summed E-state index contributed by atoms with van der Waals surface area (Å²) in [6.45, 7) is 8.73. The van der Waals surface area contributed by atoms with Gasteiger partial charge >= 0.3 is 0 Å². The lowest BCUT2D eigenvalue weighted by atomic mass is 10.1. The summed E-state index contributed by atoms with van der Waals surface area (Å²) in [5.74, 6) is 2.88. The predicted molar refractivity (Wildman–Crippen MR) is 84.9 cm³/mol. The fraction of sp³-hybridized carbons (Fsp3) is 0.444. The van der Waals surface area contributed by atoms with Gasteiger partial charge < -0.3 is 9.47 Å². The van der Waals surface area contributed by atoms with E-state index < -0.39 is 0 Å². The van der Waals surface area contributed by atoms with Crippen LogP contribution in [0.3, 0.4) is 0 Å². The van der Waals surface area contributed by atoms with Gasteiger partial charge in [0.05, 0.1) is 12.5 Å². The minimum absolute atomic E-state index is 0.649. The molecule has 1 aromatic carbocycles. The first-order chi connectivity index (χ1) is 9.58. The topological polar surface area (TPSA) is 18.5 Å². The van der Waals surface area contributed by atoms with E-state index in [0.717, 1.165) is 24.3 Å². The molecule has 0 amide bonds. The van der Waals surface area contributed by atoms with Gasteiger partial charge in [0.25, 0.3) is 0 Å². The molecule has 0 aliphatic carbocycles. The van der Waals surface area contributed by atoms with Crippen LogP contribution in [0, 0.1) is 11.8 Å². The molecule has 0 saturated carbocycles. The Kier molecular flexibility index (Phi) is 7.56. The third kappa shape index (κ3) is 7.67. The van der Waals surface area contributed by atoms with Crippen molar-refractivity contribution < 1.29 is 9.47 Å². The van der Waals surface area contributed by atoms with Gasteiger partial charge in [-0.2, -0.15) is 0 Å². The summed E-state index contributed by atoms with van der Waals surface area (Å²) in [4.78, 5) is 0. The van der Waals surface area contributed by atoms with Gasteiger partial charge in [-0.25, -0.2) is 0 Å². The lowest BCUT2D eigenvalue weighted by Crippen LogP contribution is -1.87. The Hall–Kier alpha value is -1.70. The molecule has 110 valence electrons. The van der Waals surface area contributed by atoms with Gasteiger partial charge in [0.2, 0.25) is 0 Å². The van der Waals surface area contributed by atoms with Crippen molar-refractivity contribution in [3.8, 4) is 11.5 Å². The van der Waals surface area contributed by atoms with Gasteiger partial charge in [-0.05, 0) is 49.0 Å². The largest absolute Gasteiger partial charge is 0.465 e. The van der Waals surface area contributed by atoms with Crippen LogP contribution in [0.4, 0.5) is 0 Å². The lowest BCUT2D eigenvalue weighted by Gasteiger charge is -2.04. The maximum Gasteiger partial charge on any atom is 0.130 e. The minimum Gasteiger partial charge on any atom is -0.465 e. The highest BCUT2D eigenvalue weighted by molar-refractivity contribution is 5.33. The van der Waals surface area contributed by atoms with E-state index in [1.54, 1.807) is 12.5 Å². The van der Waals surface area contributed by atoms with E-state index in [2.05, 4.69) is 27.7 Å². The molecule has 0 bridgehead atoms. The van der Waals surface area contributed by atoms with Crippen molar-refractivity contribution in [2.75, 3.05) is 0 Å². The van der Waals surface area contributed by atoms with Gasteiger partial charge in [0.1, 0.15) is 11.5 Å². The Morgan fingerprint density at radius 2 is 1.30 bits per heavy atom. The van der Waals surface area contributed by atoms with E-state index in [-0.39, 0.29) is 0 Å². The number of allylic oxidation sites excluding steroid dienone is 2. The smallest absolute Gasteiger partial charge is 0.130 e. The highest BCUT2D eigenvalue weighted by Gasteiger charge is 1.96. The highest BCUT2D eigenvalue weighted by Crippen LogP contribution is 2.20. The van der Waals surface area contributed by atoms with Gasteiger partial charge in [-0.15, -0.1) is 0 Å². The van der Waals surface area contributed by atoms with Crippen LogP contribution in [0.1, 0.15) is 40.5 Å². The molecular weight excluding hydrogens is 248 g/mol. The Morgan fingerprint density at radius 1 is 0.850 bits per heavy atom. The summed E-state index contributed by atoms with van der Waals surface area (Å²) in [7, 11) is 0. The normalized spacial score (nSPS) is 11.9. The molecule has 0 atom stereocenters. The summed E-state index contributed by atoms with van der Waals surface area (Å²) in [6, 6.07) is 7.66. The monoisotopic (exact) mass is 274 g/mol. The molecule has 1 aromatic rings. The molecule has 0 aliphatic rings. The standard InChI is InChI=1S/C18H26O2/c1-15(2)8-6-12-19-17-10-5-11-18(14-17)20-13-7-9-16(3)4/h5-7,10-16H,8-9H2,1-4H3. The number of rotatable bonds is 8. The maximum absolute atomic E-state index is 5.56. The molecule has 0 N–H and O–H groups in total. The van der Waals surface area contributed by atoms with Crippen LogP contribution in [-0.2, 0) is 0 Å². The van der Waals surface area contributed by atoms with Crippen molar-refractivity contribution in [1.29, 1.82) is 0 Å². The van der Waals surface area contributed by atoms with Crippen LogP contribution in [0.2, 0.25) is 0 Å². The van der Waals surface area contributed by atoms with E-state index in [1.807, 2.05) is 36.4 Å². The van der Waals surface area contributed by atoms with E-state index in [0.29, 0.717) is 11.8 Å². The molecule has 0 radical (unpaired) electrons. The molecule has 0 unspecified atom stereocenters. The molecule has 0 spiro atoms. The molecule has 0 saturated heterocycles. The Bertz CT molecular complexity index is 394. The first-order valence-corrected chi connectivity index (χ1v) is 7.31. The average molecular weight is 274 g/mol. The third-order valence-electron chi connectivity index (χ3n) is 2.62. The van der Waals surface area contributed by atoms with Crippen molar-refractivity contribution in [3.05, 3.63) is 48.9 Å². The summed E-state index contributed by atoms with van der Waals surface area (Å²) in [6.07, 6.45) is 9.62. The summed E-state index contributed by atoms with van der Waals surface area (Å²) in [5.41, 5.74) is 0. The second-order valence-electron chi connectivity index (χ2n) is 5.71. The minimum atomic E-state index is 0.649. The molecule has 2 heteroatoms. The van der Waals surface area contributed by atoms with Crippen LogP contribution in [0.5, 0.6) is 11.5 Å². The first kappa shape index (κ1) is 16.4. The molecule has 1 rings (SSSR count). The number of hydrogen-bond donors (Lipinski definition) is 0. The molecule has 0 heterocycles. The van der Waals surface area contributed by atoms with E-state index in [9.17, 15) is 0 Å². The van der Waals surface area contributed by atoms with Gasteiger partial charge in [-0.1, -0.05) is 33.8 Å². The van der Waals surface area contributed by atoms with Crippen LogP contribution in [0.25, 0.3) is 0 Å². The Labute approximate surface area is 123 Å². The van der Waals surface area contributed by atoms with E-state index >= 15 is 0 Å². The van der Waals surface area contributed by atoms with Crippen LogP contribution < -0.4 is 9.47 Å². The zero-order chi connectivity index (χ0) is 14.8. The average Bonchev–Trinajstić information content (AvgIpc) is 2.40. The number of benzene rings is 1. The Balaban J connectivity index is 2.45. The molecular formula is C18H26O2. The van der Waals surface area contributed by atoms with Gasteiger partial charge in [0, 0.05) is 6.07 Å². The van der Waals surface area contributed by atoms with Gasteiger partial charge in [0.15, 0.2) is 0 Å². The van der Waals surface area contributed by atoms with Crippen molar-refractivity contribution in [2.45, 2.75) is 40.5 Å². The zero-order valence-corrected chi connectivity index (χ0v) is 13.0. The number of ether oxygens (including phenoxy) is 2.